The quantitative estimate of drug-likeness (QED) is 0.205. The van der Waals surface area contributed by atoms with Crippen molar-refractivity contribution in [2.75, 3.05) is 4.90 Å². The molecule has 0 bridgehead atoms. The molecule has 3 aliphatic rings. The van der Waals surface area contributed by atoms with Crippen LogP contribution in [-0.2, 0) is 0 Å². The second kappa shape index (κ2) is 8.14. The maximum Gasteiger partial charge on any atom is 0.252 e. The highest BCUT2D eigenvalue weighted by atomic mass is 15.2. The molecule has 2 nitrogen and oxygen atoms in total. The van der Waals surface area contributed by atoms with E-state index in [1.165, 1.54) is 77.7 Å². The van der Waals surface area contributed by atoms with Crippen LogP contribution in [0.2, 0.25) is 0 Å². The molecule has 1 atom stereocenters. The Bertz CT molecular complexity index is 2260. The molecule has 194 valence electrons. The molecule has 1 aliphatic carbocycles. The van der Waals surface area contributed by atoms with Gasteiger partial charge in [-0.3, -0.25) is 0 Å². The van der Waals surface area contributed by atoms with Gasteiger partial charge in [-0.2, -0.15) is 0 Å². The monoisotopic (exact) mass is 532 g/mol. The predicted octanol–water partition coefficient (Wildman–Crippen LogP) is 7.95. The molecule has 6 aromatic carbocycles. The summed E-state index contributed by atoms with van der Waals surface area (Å²) < 4.78 is 2.53. The number of hydrogen-bond donors (Lipinski definition) is 0. The molecule has 0 saturated carbocycles. The third-order valence-electron chi connectivity index (χ3n) is 9.66. The van der Waals surface area contributed by atoms with Crippen LogP contribution in [0.5, 0.6) is 0 Å². The van der Waals surface area contributed by atoms with Gasteiger partial charge < -0.3 is 9.47 Å². The molecule has 0 radical (unpaired) electrons. The van der Waals surface area contributed by atoms with Crippen molar-refractivity contribution >= 4 is 56.3 Å². The van der Waals surface area contributed by atoms with E-state index in [2.05, 4.69) is 155 Å². The zero-order chi connectivity index (χ0) is 27.4. The molecule has 0 N–H and O–H groups in total. The summed E-state index contributed by atoms with van der Waals surface area (Å²) in [7, 11) is 0. The van der Waals surface area contributed by atoms with Gasteiger partial charge in [-0.05, 0) is 63.4 Å². The van der Waals surface area contributed by atoms with Gasteiger partial charge in [0.1, 0.15) is 0 Å². The van der Waals surface area contributed by atoms with Crippen molar-refractivity contribution in [3.8, 4) is 5.69 Å². The Morgan fingerprint density at radius 2 is 1.24 bits per heavy atom. The Labute approximate surface area is 244 Å². The van der Waals surface area contributed by atoms with Crippen LogP contribution >= 0.6 is 0 Å². The maximum atomic E-state index is 2.57. The zero-order valence-electron chi connectivity index (χ0n) is 22.9. The van der Waals surface area contributed by atoms with E-state index in [9.17, 15) is 0 Å². The zero-order valence-corrected chi connectivity index (χ0v) is 22.9. The van der Waals surface area contributed by atoms with Crippen LogP contribution in [0.3, 0.4) is 0 Å². The number of benzene rings is 6. The highest BCUT2D eigenvalue weighted by Crippen LogP contribution is 2.54. The largest absolute Gasteiger partial charge is 0.314 e. The third kappa shape index (κ3) is 2.71. The van der Waals surface area contributed by atoms with Crippen LogP contribution in [0, 0.1) is 0 Å². The van der Waals surface area contributed by atoms with Crippen molar-refractivity contribution in [2.24, 2.45) is 0 Å². The molecular formula is C39H25BN2. The highest BCUT2D eigenvalue weighted by molar-refractivity contribution is 7.03. The summed E-state index contributed by atoms with van der Waals surface area (Å²) in [5, 5.41) is 2.64. The van der Waals surface area contributed by atoms with Gasteiger partial charge in [-0.1, -0.05) is 115 Å². The van der Waals surface area contributed by atoms with Crippen LogP contribution in [0.1, 0.15) is 22.6 Å². The van der Waals surface area contributed by atoms with Crippen molar-refractivity contribution in [1.82, 2.24) is 4.57 Å². The van der Waals surface area contributed by atoms with Crippen LogP contribution in [-0.4, -0.2) is 11.3 Å². The van der Waals surface area contributed by atoms with Crippen molar-refractivity contribution in [3.05, 3.63) is 168 Å². The van der Waals surface area contributed by atoms with Gasteiger partial charge in [0.05, 0.1) is 5.52 Å². The number of para-hydroxylation sites is 3. The molecule has 0 amide bonds. The molecule has 3 heterocycles. The third-order valence-corrected chi connectivity index (χ3v) is 9.66. The molecule has 2 aliphatic heterocycles. The van der Waals surface area contributed by atoms with Crippen molar-refractivity contribution < 1.29 is 0 Å². The number of hydrogen-bond acceptors (Lipinski definition) is 1. The standard InChI is InChI=1S/C39H25BN2/c1-3-13-25(14-4-1)35-28-18-7-8-19-29(28)36-39(35)41(26-15-5-2-6-16-26)33-23-12-24-34-37(33)40(36)31-21-11-20-30-27-17-9-10-22-32(27)42(34)38(30)31/h1-24,35H. The number of nitrogens with zero attached hydrogens (tertiary/aromatic N) is 2. The summed E-state index contributed by atoms with van der Waals surface area (Å²) in [6, 6.07) is 53.9. The van der Waals surface area contributed by atoms with Crippen molar-refractivity contribution in [1.29, 1.82) is 0 Å². The van der Waals surface area contributed by atoms with E-state index in [1.807, 2.05) is 0 Å². The topological polar surface area (TPSA) is 8.17 Å². The average Bonchev–Trinajstić information content (AvgIpc) is 3.58. The smallest absolute Gasteiger partial charge is 0.252 e. The van der Waals surface area contributed by atoms with Gasteiger partial charge in [0.2, 0.25) is 0 Å². The minimum atomic E-state index is 0.140. The lowest BCUT2D eigenvalue weighted by Crippen LogP contribution is -2.53. The molecule has 7 aromatic rings. The lowest BCUT2D eigenvalue weighted by molar-refractivity contribution is 0.929. The molecule has 1 unspecified atom stereocenters. The number of allylic oxidation sites excluding steroid dienone is 1. The van der Waals surface area contributed by atoms with Crippen LogP contribution < -0.4 is 15.8 Å². The van der Waals surface area contributed by atoms with Gasteiger partial charge in [0.25, 0.3) is 6.71 Å². The fourth-order valence-corrected chi connectivity index (χ4v) is 8.17. The summed E-state index contributed by atoms with van der Waals surface area (Å²) >= 11 is 0. The summed E-state index contributed by atoms with van der Waals surface area (Å²) in [5.41, 5.74) is 16.1. The fraction of sp³-hybridized carbons (Fsp3) is 0.0256. The van der Waals surface area contributed by atoms with Crippen LogP contribution in [0.15, 0.2) is 151 Å². The SMILES string of the molecule is c1ccc(C2C3=C(B4c5c(cccc5-n5c6ccccc6c6cccc4c65)N3c3ccccc3)c3ccccc32)cc1. The Kier molecular flexibility index (Phi) is 4.35. The Hall–Kier alpha value is -5.28. The molecule has 10 rings (SSSR count). The molecule has 0 fully saturated rings. The molecule has 1 aromatic heterocycles. The lowest BCUT2D eigenvalue weighted by Gasteiger charge is -2.41. The normalized spacial score (nSPS) is 16.1. The van der Waals surface area contributed by atoms with Gasteiger partial charge in [-0.15, -0.1) is 0 Å². The number of aromatic nitrogens is 1. The second-order valence-corrected chi connectivity index (χ2v) is 11.6. The van der Waals surface area contributed by atoms with Crippen molar-refractivity contribution in [3.63, 3.8) is 0 Å². The second-order valence-electron chi connectivity index (χ2n) is 11.6. The van der Waals surface area contributed by atoms with E-state index in [0.717, 1.165) is 0 Å². The highest BCUT2D eigenvalue weighted by Gasteiger charge is 2.49. The summed E-state index contributed by atoms with van der Waals surface area (Å²) in [6.07, 6.45) is 0. The minimum Gasteiger partial charge on any atom is -0.314 e. The first kappa shape index (κ1) is 22.4. The predicted molar refractivity (Wildman–Crippen MR) is 176 cm³/mol. The number of rotatable bonds is 2. The molecular weight excluding hydrogens is 507 g/mol. The van der Waals surface area contributed by atoms with E-state index < -0.39 is 0 Å². The van der Waals surface area contributed by atoms with Crippen molar-refractivity contribution in [2.45, 2.75) is 5.92 Å². The van der Waals surface area contributed by atoms with Crippen LogP contribution in [0.25, 0.3) is 33.0 Å². The first-order valence-electron chi connectivity index (χ1n) is 14.8. The fourth-order valence-electron chi connectivity index (χ4n) is 8.17. The maximum absolute atomic E-state index is 2.57. The van der Waals surface area contributed by atoms with Crippen LogP contribution in [0.4, 0.5) is 11.4 Å². The van der Waals surface area contributed by atoms with E-state index in [0.29, 0.717) is 0 Å². The number of anilines is 2. The summed E-state index contributed by atoms with van der Waals surface area (Å²) in [5.74, 6) is 0.140. The molecule has 0 saturated heterocycles. The lowest BCUT2D eigenvalue weighted by atomic mass is 9.33. The Morgan fingerprint density at radius 3 is 2.12 bits per heavy atom. The van der Waals surface area contributed by atoms with Gasteiger partial charge >= 0.3 is 0 Å². The summed E-state index contributed by atoms with van der Waals surface area (Å²) in [4.78, 5) is 2.57. The van der Waals surface area contributed by atoms with E-state index >= 15 is 0 Å². The number of fused-ring (bicyclic) bond motifs is 8. The average molecular weight is 532 g/mol. The summed E-state index contributed by atoms with van der Waals surface area (Å²) in [6.45, 7) is 0.140. The van der Waals surface area contributed by atoms with E-state index in [4.69, 9.17) is 0 Å². The molecule has 42 heavy (non-hydrogen) atoms. The van der Waals surface area contributed by atoms with Gasteiger partial charge in [-0.25, -0.2) is 0 Å². The first-order chi connectivity index (χ1) is 20.9. The molecule has 0 spiro atoms. The van der Waals surface area contributed by atoms with E-state index in [-0.39, 0.29) is 12.6 Å². The molecule has 3 heteroatoms. The van der Waals surface area contributed by atoms with Gasteiger partial charge in [0, 0.05) is 45.0 Å². The Morgan fingerprint density at radius 1 is 0.548 bits per heavy atom. The van der Waals surface area contributed by atoms with Gasteiger partial charge in [0.15, 0.2) is 0 Å². The van der Waals surface area contributed by atoms with E-state index in [1.54, 1.807) is 0 Å². The Balaban J connectivity index is 1.40. The minimum absolute atomic E-state index is 0.140. The first-order valence-corrected chi connectivity index (χ1v) is 14.8.